The number of hydrogen-bond donors (Lipinski definition) is 1. The first kappa shape index (κ1) is 18.5. The van der Waals surface area contributed by atoms with Crippen LogP contribution in [0.15, 0.2) is 35.7 Å². The zero-order valence-electron chi connectivity index (χ0n) is 15.1. The van der Waals surface area contributed by atoms with Crippen LogP contribution >= 0.6 is 11.3 Å². The summed E-state index contributed by atoms with van der Waals surface area (Å²) in [5.74, 6) is -0.337. The lowest BCUT2D eigenvalue weighted by Gasteiger charge is -2.42. The quantitative estimate of drug-likeness (QED) is 0.874. The van der Waals surface area contributed by atoms with Gasteiger partial charge in [0.1, 0.15) is 6.61 Å². The minimum absolute atomic E-state index is 0.0342. The number of aromatic nitrogens is 1. The van der Waals surface area contributed by atoms with Gasteiger partial charge in [0, 0.05) is 11.4 Å². The second kappa shape index (κ2) is 7.97. The highest BCUT2D eigenvalue weighted by Gasteiger charge is 2.42. The van der Waals surface area contributed by atoms with Crippen molar-refractivity contribution in [3.63, 3.8) is 0 Å². The van der Waals surface area contributed by atoms with Crippen molar-refractivity contribution >= 4 is 23.2 Å². The lowest BCUT2D eigenvalue weighted by molar-refractivity contribution is -0.167. The maximum Gasteiger partial charge on any atom is 0.252 e. The van der Waals surface area contributed by atoms with Crippen molar-refractivity contribution in [2.75, 3.05) is 6.61 Å². The molecule has 1 aliphatic rings. The fourth-order valence-corrected chi connectivity index (χ4v) is 3.82. The summed E-state index contributed by atoms with van der Waals surface area (Å²) in [6.07, 6.45) is -0.753. The van der Waals surface area contributed by atoms with Gasteiger partial charge in [-0.1, -0.05) is 30.3 Å². The van der Waals surface area contributed by atoms with Gasteiger partial charge >= 0.3 is 0 Å². The predicted molar refractivity (Wildman–Crippen MR) is 99.6 cm³/mol. The largest absolute Gasteiger partial charge is 0.356 e. The van der Waals surface area contributed by atoms with E-state index in [4.69, 9.17) is 4.74 Å². The summed E-state index contributed by atoms with van der Waals surface area (Å²) in [6, 6.07) is 9.08. The molecule has 2 atom stereocenters. The van der Waals surface area contributed by atoms with E-state index in [2.05, 4.69) is 10.3 Å². The zero-order valence-corrected chi connectivity index (χ0v) is 16.0. The van der Waals surface area contributed by atoms with Crippen molar-refractivity contribution in [3.05, 3.63) is 52.0 Å². The summed E-state index contributed by atoms with van der Waals surface area (Å²) in [7, 11) is 0. The molecule has 2 aromatic rings. The third-order valence-electron chi connectivity index (χ3n) is 4.33. The molecule has 0 unspecified atom stereocenters. The van der Waals surface area contributed by atoms with Crippen molar-refractivity contribution in [2.45, 2.75) is 45.5 Å². The minimum Gasteiger partial charge on any atom is -0.356 e. The lowest BCUT2D eigenvalue weighted by Crippen LogP contribution is -2.56. The van der Waals surface area contributed by atoms with Gasteiger partial charge in [-0.15, -0.1) is 11.3 Å². The average Bonchev–Trinajstić information content (AvgIpc) is 3.05. The molecule has 1 aromatic carbocycles. The number of hydrogen-bond acceptors (Lipinski definition) is 5. The Morgan fingerprint density at radius 3 is 2.73 bits per heavy atom. The van der Waals surface area contributed by atoms with E-state index in [9.17, 15) is 9.59 Å². The van der Waals surface area contributed by atoms with Crippen LogP contribution in [0.5, 0.6) is 0 Å². The predicted octanol–water partition coefficient (Wildman–Crippen LogP) is 2.44. The number of carbonyl (C=O) groups is 2. The van der Waals surface area contributed by atoms with Gasteiger partial charge in [0.25, 0.3) is 5.91 Å². The number of aryl methyl sites for hydroxylation is 1. The average molecular weight is 373 g/mol. The zero-order chi connectivity index (χ0) is 18.7. The number of nitrogens with one attached hydrogen (secondary N) is 1. The lowest BCUT2D eigenvalue weighted by atomic mass is 9.96. The van der Waals surface area contributed by atoms with Gasteiger partial charge in [0.15, 0.2) is 6.10 Å². The van der Waals surface area contributed by atoms with Gasteiger partial charge in [-0.2, -0.15) is 0 Å². The van der Waals surface area contributed by atoms with E-state index >= 15 is 0 Å². The molecule has 2 heterocycles. The van der Waals surface area contributed by atoms with E-state index in [0.717, 1.165) is 16.3 Å². The number of carbonyl (C=O) groups excluding carboxylic acids is 2. The van der Waals surface area contributed by atoms with Crippen LogP contribution < -0.4 is 5.32 Å². The van der Waals surface area contributed by atoms with Crippen LogP contribution in [-0.2, 0) is 20.9 Å². The monoisotopic (exact) mass is 373 g/mol. The maximum absolute atomic E-state index is 12.8. The number of nitrogens with zero attached hydrogens (tertiary/aromatic N) is 2. The van der Waals surface area contributed by atoms with Crippen LogP contribution in [0.2, 0.25) is 0 Å². The Morgan fingerprint density at radius 2 is 2.12 bits per heavy atom. The highest BCUT2D eigenvalue weighted by atomic mass is 32.1. The Kier molecular flexibility index (Phi) is 5.68. The smallest absolute Gasteiger partial charge is 0.252 e. The molecule has 2 amide bonds. The topological polar surface area (TPSA) is 71.5 Å². The van der Waals surface area contributed by atoms with E-state index < -0.39 is 12.1 Å². The first-order valence-corrected chi connectivity index (χ1v) is 9.51. The van der Waals surface area contributed by atoms with Crippen LogP contribution in [0.25, 0.3) is 0 Å². The summed E-state index contributed by atoms with van der Waals surface area (Å²) < 4.78 is 5.67. The normalized spacial score (nSPS) is 20.5. The molecular formula is C19H23N3O3S. The summed E-state index contributed by atoms with van der Waals surface area (Å²) in [5.41, 5.74) is 1.71. The van der Waals surface area contributed by atoms with Gasteiger partial charge in [-0.25, -0.2) is 4.98 Å². The Hall–Kier alpha value is -2.25. The second-order valence-corrected chi connectivity index (χ2v) is 7.62. The van der Waals surface area contributed by atoms with Crippen LogP contribution in [0.1, 0.15) is 36.2 Å². The van der Waals surface area contributed by atoms with Crippen LogP contribution in [0, 0.1) is 6.92 Å². The third-order valence-corrected chi connectivity index (χ3v) is 5.15. The Balaban J connectivity index is 1.82. The molecule has 7 heteroatoms. The van der Waals surface area contributed by atoms with Crippen molar-refractivity contribution in [2.24, 2.45) is 0 Å². The third kappa shape index (κ3) is 3.94. The Bertz CT molecular complexity index is 775. The van der Waals surface area contributed by atoms with Crippen LogP contribution in [0.3, 0.4) is 0 Å². The highest BCUT2D eigenvalue weighted by Crippen LogP contribution is 2.32. The van der Waals surface area contributed by atoms with E-state index in [1.165, 1.54) is 0 Å². The first-order chi connectivity index (χ1) is 12.5. The van der Waals surface area contributed by atoms with E-state index in [-0.39, 0.29) is 24.5 Å². The molecule has 0 spiro atoms. The number of amides is 2. The van der Waals surface area contributed by atoms with Gasteiger partial charge in [0.2, 0.25) is 5.91 Å². The second-order valence-electron chi connectivity index (χ2n) is 6.56. The molecule has 0 saturated carbocycles. The first-order valence-electron chi connectivity index (χ1n) is 8.64. The molecule has 138 valence electrons. The standard InChI is InChI=1S/C19H23N3O3S/c1-12(2)22-16(23)10-25-18(17(22)14-7-5-4-6-8-14)19(24)20-9-15-11-26-13(3)21-15/h4-8,11-12,17-18H,9-10H2,1-3H3,(H,20,24)/t17-,18+/m1/s1. The summed E-state index contributed by atoms with van der Waals surface area (Å²) in [4.78, 5) is 31.4. The molecular weight excluding hydrogens is 350 g/mol. The number of morpholine rings is 1. The molecule has 6 nitrogen and oxygen atoms in total. The van der Waals surface area contributed by atoms with Gasteiger partial charge < -0.3 is 15.0 Å². The number of thiazole rings is 1. The SMILES string of the molecule is Cc1nc(CNC(=O)[C@H]2OCC(=O)N(C(C)C)[C@@H]2c2ccccc2)cs1. The molecule has 1 N–H and O–H groups in total. The van der Waals surface area contributed by atoms with Crippen molar-refractivity contribution < 1.29 is 14.3 Å². The molecule has 1 aromatic heterocycles. The van der Waals surface area contributed by atoms with Crippen molar-refractivity contribution in [3.8, 4) is 0 Å². The summed E-state index contributed by atoms with van der Waals surface area (Å²) in [5, 5.41) is 5.78. The fourth-order valence-electron chi connectivity index (χ4n) is 3.21. The van der Waals surface area contributed by atoms with Gasteiger partial charge in [-0.05, 0) is 26.3 Å². The molecule has 1 aliphatic heterocycles. The number of benzene rings is 1. The number of rotatable bonds is 5. The minimum atomic E-state index is -0.753. The molecule has 0 bridgehead atoms. The highest BCUT2D eigenvalue weighted by molar-refractivity contribution is 7.09. The molecule has 26 heavy (non-hydrogen) atoms. The van der Waals surface area contributed by atoms with Crippen LogP contribution in [-0.4, -0.2) is 40.5 Å². The fraction of sp³-hybridized carbons (Fsp3) is 0.421. The van der Waals surface area contributed by atoms with Crippen molar-refractivity contribution in [1.29, 1.82) is 0 Å². The Morgan fingerprint density at radius 1 is 1.38 bits per heavy atom. The summed E-state index contributed by atoms with van der Waals surface area (Å²) >= 11 is 1.55. The van der Waals surface area contributed by atoms with Gasteiger partial charge in [-0.3, -0.25) is 9.59 Å². The molecule has 0 radical (unpaired) electrons. The van der Waals surface area contributed by atoms with Crippen molar-refractivity contribution in [1.82, 2.24) is 15.2 Å². The van der Waals surface area contributed by atoms with E-state index in [1.807, 2.05) is 56.5 Å². The van der Waals surface area contributed by atoms with E-state index in [1.54, 1.807) is 16.2 Å². The van der Waals surface area contributed by atoms with E-state index in [0.29, 0.717) is 6.54 Å². The summed E-state index contributed by atoms with van der Waals surface area (Å²) in [6.45, 7) is 6.09. The molecule has 1 saturated heterocycles. The van der Waals surface area contributed by atoms with Crippen LogP contribution in [0.4, 0.5) is 0 Å². The molecule has 0 aliphatic carbocycles. The molecule has 3 rings (SSSR count). The number of ether oxygens (including phenoxy) is 1. The van der Waals surface area contributed by atoms with Gasteiger partial charge in [0.05, 0.1) is 23.3 Å². The maximum atomic E-state index is 12.8. The Labute approximate surface area is 157 Å². The molecule has 1 fully saturated rings.